The Morgan fingerprint density at radius 2 is 2.00 bits per heavy atom. The number of carboxylic acids is 1. The van der Waals surface area contributed by atoms with E-state index < -0.39 is 5.97 Å². The van der Waals surface area contributed by atoms with E-state index >= 15 is 0 Å². The highest BCUT2D eigenvalue weighted by atomic mass is 127. The van der Waals surface area contributed by atoms with E-state index in [0.29, 0.717) is 6.54 Å². The summed E-state index contributed by atoms with van der Waals surface area (Å²) >= 11 is 2.26. The van der Waals surface area contributed by atoms with Crippen LogP contribution in [0.3, 0.4) is 0 Å². The van der Waals surface area contributed by atoms with Crippen LogP contribution in [0.1, 0.15) is 6.42 Å². The van der Waals surface area contributed by atoms with Gasteiger partial charge >= 0.3 is 5.97 Å². The van der Waals surface area contributed by atoms with Gasteiger partial charge in [-0.25, -0.2) is 0 Å². The van der Waals surface area contributed by atoms with Crippen LogP contribution in [0.2, 0.25) is 0 Å². The second kappa shape index (κ2) is 5.31. The second-order valence-electron chi connectivity index (χ2n) is 3.64. The maximum Gasteiger partial charge on any atom is 0.305 e. The molecule has 0 radical (unpaired) electrons. The Labute approximate surface area is 112 Å². The summed E-state index contributed by atoms with van der Waals surface area (Å²) in [4.78, 5) is 10.4. The number of aromatic nitrogens is 2. The molecule has 2 rings (SSSR count). The fraction of sp³-hybridized carbons (Fsp3) is 0.167. The SMILES string of the molecule is O=C(O)CCn1cc(-c2ccc(I)cc2)cn1. The summed E-state index contributed by atoms with van der Waals surface area (Å²) in [7, 11) is 0. The number of hydrogen-bond donors (Lipinski definition) is 1. The summed E-state index contributed by atoms with van der Waals surface area (Å²) in [5.74, 6) is -0.809. The highest BCUT2D eigenvalue weighted by Crippen LogP contribution is 2.19. The van der Waals surface area contributed by atoms with Gasteiger partial charge in [-0.15, -0.1) is 0 Å². The number of carbonyl (C=O) groups is 1. The molecular formula is C12H11IN2O2. The maximum absolute atomic E-state index is 10.4. The average Bonchev–Trinajstić information content (AvgIpc) is 2.76. The van der Waals surface area contributed by atoms with Crippen LogP contribution in [-0.2, 0) is 11.3 Å². The van der Waals surface area contributed by atoms with Gasteiger partial charge in [0.15, 0.2) is 0 Å². The third kappa shape index (κ3) is 3.29. The Bertz CT molecular complexity index is 520. The Balaban J connectivity index is 2.12. The minimum atomic E-state index is -0.809. The molecule has 1 heterocycles. The van der Waals surface area contributed by atoms with E-state index in [1.807, 2.05) is 30.5 Å². The van der Waals surface area contributed by atoms with E-state index in [9.17, 15) is 4.79 Å². The Morgan fingerprint density at radius 3 is 2.65 bits per heavy atom. The Morgan fingerprint density at radius 1 is 1.29 bits per heavy atom. The van der Waals surface area contributed by atoms with Crippen LogP contribution in [0, 0.1) is 3.57 Å². The van der Waals surface area contributed by atoms with E-state index in [1.165, 1.54) is 3.57 Å². The van der Waals surface area contributed by atoms with Gasteiger partial charge in [0.2, 0.25) is 0 Å². The van der Waals surface area contributed by atoms with Crippen molar-refractivity contribution in [2.24, 2.45) is 0 Å². The molecule has 0 fully saturated rings. The number of benzene rings is 1. The van der Waals surface area contributed by atoms with E-state index in [-0.39, 0.29) is 6.42 Å². The largest absolute Gasteiger partial charge is 0.481 e. The van der Waals surface area contributed by atoms with Gasteiger partial charge in [0, 0.05) is 15.3 Å². The molecule has 0 bridgehead atoms. The molecule has 0 saturated heterocycles. The van der Waals surface area contributed by atoms with E-state index in [0.717, 1.165) is 11.1 Å². The molecule has 0 saturated carbocycles. The lowest BCUT2D eigenvalue weighted by atomic mass is 10.1. The number of nitrogens with zero attached hydrogens (tertiary/aromatic N) is 2. The van der Waals surface area contributed by atoms with Crippen molar-refractivity contribution in [1.29, 1.82) is 0 Å². The fourth-order valence-corrected chi connectivity index (χ4v) is 1.85. The minimum absolute atomic E-state index is 0.0911. The van der Waals surface area contributed by atoms with Crippen LogP contribution in [0.5, 0.6) is 0 Å². The molecule has 1 aromatic heterocycles. The van der Waals surface area contributed by atoms with Gasteiger partial charge in [0.05, 0.1) is 19.2 Å². The van der Waals surface area contributed by atoms with Gasteiger partial charge in [-0.1, -0.05) is 12.1 Å². The Hall–Kier alpha value is -1.37. The maximum atomic E-state index is 10.4. The van der Waals surface area contributed by atoms with Crippen molar-refractivity contribution in [3.63, 3.8) is 0 Å². The minimum Gasteiger partial charge on any atom is -0.481 e. The monoisotopic (exact) mass is 342 g/mol. The second-order valence-corrected chi connectivity index (χ2v) is 4.89. The quantitative estimate of drug-likeness (QED) is 0.869. The molecule has 0 aliphatic heterocycles. The van der Waals surface area contributed by atoms with E-state index in [1.54, 1.807) is 10.9 Å². The van der Waals surface area contributed by atoms with Crippen LogP contribution in [0.25, 0.3) is 11.1 Å². The molecule has 5 heteroatoms. The predicted molar refractivity (Wildman–Crippen MR) is 72.6 cm³/mol. The van der Waals surface area contributed by atoms with E-state index in [4.69, 9.17) is 5.11 Å². The standard InChI is InChI=1S/C12H11IN2O2/c13-11-3-1-9(2-4-11)10-7-14-15(8-10)6-5-12(16)17/h1-4,7-8H,5-6H2,(H,16,17). The van der Waals surface area contributed by atoms with Crippen molar-refractivity contribution in [2.45, 2.75) is 13.0 Å². The predicted octanol–water partition coefficient (Wildman–Crippen LogP) is 2.63. The lowest BCUT2D eigenvalue weighted by Crippen LogP contribution is -2.04. The van der Waals surface area contributed by atoms with Crippen molar-refractivity contribution in [3.8, 4) is 11.1 Å². The summed E-state index contributed by atoms with van der Waals surface area (Å²) in [6.45, 7) is 0.402. The van der Waals surface area contributed by atoms with Crippen molar-refractivity contribution in [1.82, 2.24) is 9.78 Å². The molecule has 0 aliphatic carbocycles. The molecule has 4 nitrogen and oxygen atoms in total. The van der Waals surface area contributed by atoms with Crippen LogP contribution >= 0.6 is 22.6 Å². The molecule has 1 aromatic carbocycles. The number of hydrogen-bond acceptors (Lipinski definition) is 2. The summed E-state index contributed by atoms with van der Waals surface area (Å²) in [5.41, 5.74) is 2.10. The Kier molecular flexibility index (Phi) is 3.78. The molecule has 17 heavy (non-hydrogen) atoms. The smallest absolute Gasteiger partial charge is 0.305 e. The van der Waals surface area contributed by atoms with Crippen molar-refractivity contribution >= 4 is 28.6 Å². The number of halogens is 1. The third-order valence-electron chi connectivity index (χ3n) is 2.37. The van der Waals surface area contributed by atoms with Gasteiger partial charge < -0.3 is 5.11 Å². The third-order valence-corrected chi connectivity index (χ3v) is 3.08. The highest BCUT2D eigenvalue weighted by molar-refractivity contribution is 14.1. The average molecular weight is 342 g/mol. The van der Waals surface area contributed by atoms with Crippen molar-refractivity contribution < 1.29 is 9.90 Å². The zero-order valence-electron chi connectivity index (χ0n) is 9.01. The number of aliphatic carboxylic acids is 1. The van der Waals surface area contributed by atoms with Gasteiger partial charge in [-0.05, 0) is 40.3 Å². The zero-order valence-corrected chi connectivity index (χ0v) is 11.2. The molecule has 1 N–H and O–H groups in total. The van der Waals surface area contributed by atoms with Crippen molar-refractivity contribution in [2.75, 3.05) is 0 Å². The lowest BCUT2D eigenvalue weighted by molar-refractivity contribution is -0.137. The number of carboxylic acid groups (broad SMARTS) is 1. The molecule has 88 valence electrons. The summed E-state index contributed by atoms with van der Waals surface area (Å²) in [5, 5.41) is 12.7. The van der Waals surface area contributed by atoms with E-state index in [2.05, 4.69) is 27.7 Å². The first kappa shape index (κ1) is 12.1. The molecule has 0 spiro atoms. The molecule has 0 unspecified atom stereocenters. The first-order valence-corrected chi connectivity index (χ1v) is 6.23. The molecular weight excluding hydrogens is 331 g/mol. The number of rotatable bonds is 4. The van der Waals surface area contributed by atoms with Gasteiger partial charge in [-0.3, -0.25) is 9.48 Å². The summed E-state index contributed by atoms with van der Waals surface area (Å²) in [6.07, 6.45) is 3.71. The first-order chi connectivity index (χ1) is 8.15. The van der Waals surface area contributed by atoms with Crippen molar-refractivity contribution in [3.05, 3.63) is 40.2 Å². The molecule has 2 aromatic rings. The van der Waals surface area contributed by atoms with Gasteiger partial charge in [-0.2, -0.15) is 5.10 Å². The highest BCUT2D eigenvalue weighted by Gasteiger charge is 2.03. The summed E-state index contributed by atoms with van der Waals surface area (Å²) < 4.78 is 2.84. The van der Waals surface area contributed by atoms with Crippen LogP contribution in [-0.4, -0.2) is 20.9 Å². The first-order valence-electron chi connectivity index (χ1n) is 5.15. The van der Waals surface area contributed by atoms with Gasteiger partial charge in [0.25, 0.3) is 0 Å². The molecule has 0 amide bonds. The normalized spacial score (nSPS) is 10.4. The lowest BCUT2D eigenvalue weighted by Gasteiger charge is -1.98. The fourth-order valence-electron chi connectivity index (χ4n) is 1.49. The topological polar surface area (TPSA) is 55.1 Å². The zero-order chi connectivity index (χ0) is 12.3. The molecule has 0 atom stereocenters. The van der Waals surface area contributed by atoms with Crippen LogP contribution < -0.4 is 0 Å². The van der Waals surface area contributed by atoms with Crippen LogP contribution in [0.4, 0.5) is 0 Å². The summed E-state index contributed by atoms with van der Waals surface area (Å²) in [6, 6.07) is 8.12. The van der Waals surface area contributed by atoms with Gasteiger partial charge in [0.1, 0.15) is 0 Å². The molecule has 0 aliphatic rings. The van der Waals surface area contributed by atoms with Crippen LogP contribution in [0.15, 0.2) is 36.7 Å². The number of aryl methyl sites for hydroxylation is 1.